The van der Waals surface area contributed by atoms with Gasteiger partial charge >= 0.3 is 0 Å². The number of carbonyl (C=O) groups is 1. The summed E-state index contributed by atoms with van der Waals surface area (Å²) in [5.41, 5.74) is 1.45. The molecular formula is C22H27ClN2O4S. The van der Waals surface area contributed by atoms with Crippen molar-refractivity contribution in [1.82, 2.24) is 4.31 Å². The number of carbonyl (C=O) groups excluding carboxylic acids is 1. The van der Waals surface area contributed by atoms with Crippen molar-refractivity contribution in [2.45, 2.75) is 43.9 Å². The summed E-state index contributed by atoms with van der Waals surface area (Å²) in [6.45, 7) is 3.18. The standard InChI is InChI=1S/C22H27ClN2O4S/c1-2-29-20-12-11-19(16-21(20)30(27,28)25-14-4-3-5-15-25)24-22(26)13-8-17-6-9-18(23)10-7-17/h6-7,9-12,16H,2-5,8,13-15H2,1H3,(H,24,26). The second kappa shape index (κ2) is 10.3. The Hall–Kier alpha value is -2.09. The molecule has 2 aromatic carbocycles. The highest BCUT2D eigenvalue weighted by Gasteiger charge is 2.29. The van der Waals surface area contributed by atoms with E-state index in [2.05, 4.69) is 5.32 Å². The summed E-state index contributed by atoms with van der Waals surface area (Å²) in [5.74, 6) is 0.123. The molecule has 162 valence electrons. The molecule has 1 N–H and O–H groups in total. The number of ether oxygens (including phenoxy) is 1. The van der Waals surface area contributed by atoms with Crippen LogP contribution in [0.1, 0.15) is 38.2 Å². The Morgan fingerprint density at radius 3 is 2.47 bits per heavy atom. The van der Waals surface area contributed by atoms with E-state index in [4.69, 9.17) is 16.3 Å². The third-order valence-electron chi connectivity index (χ3n) is 5.01. The van der Waals surface area contributed by atoms with E-state index in [9.17, 15) is 13.2 Å². The lowest BCUT2D eigenvalue weighted by Gasteiger charge is -2.27. The van der Waals surface area contributed by atoms with E-state index in [1.165, 1.54) is 10.4 Å². The number of hydrogen-bond donors (Lipinski definition) is 1. The second-order valence-electron chi connectivity index (χ2n) is 7.23. The van der Waals surface area contributed by atoms with Gasteiger partial charge in [0.1, 0.15) is 10.6 Å². The van der Waals surface area contributed by atoms with Crippen LogP contribution >= 0.6 is 11.6 Å². The molecule has 3 rings (SSSR count). The molecule has 1 amide bonds. The van der Waals surface area contributed by atoms with Crippen LogP contribution in [-0.4, -0.2) is 38.3 Å². The highest BCUT2D eigenvalue weighted by atomic mass is 35.5. The van der Waals surface area contributed by atoms with E-state index in [-0.39, 0.29) is 17.2 Å². The lowest BCUT2D eigenvalue weighted by molar-refractivity contribution is -0.116. The van der Waals surface area contributed by atoms with Crippen LogP contribution in [0.5, 0.6) is 5.75 Å². The third-order valence-corrected chi connectivity index (χ3v) is 7.19. The molecule has 1 aliphatic rings. The largest absolute Gasteiger partial charge is 0.492 e. The molecule has 0 unspecified atom stereocenters. The number of halogens is 1. The topological polar surface area (TPSA) is 75.7 Å². The molecule has 0 spiro atoms. The molecule has 8 heteroatoms. The van der Waals surface area contributed by atoms with Crippen LogP contribution in [0.4, 0.5) is 5.69 Å². The van der Waals surface area contributed by atoms with E-state index < -0.39 is 10.0 Å². The Bertz CT molecular complexity index is 971. The van der Waals surface area contributed by atoms with Crippen molar-refractivity contribution in [1.29, 1.82) is 0 Å². The average molecular weight is 451 g/mol. The highest BCUT2D eigenvalue weighted by molar-refractivity contribution is 7.89. The zero-order chi connectivity index (χ0) is 21.6. The van der Waals surface area contributed by atoms with Gasteiger partial charge in [-0.15, -0.1) is 0 Å². The van der Waals surface area contributed by atoms with Crippen molar-refractivity contribution in [2.24, 2.45) is 0 Å². The van der Waals surface area contributed by atoms with Gasteiger partial charge in [-0.05, 0) is 62.1 Å². The van der Waals surface area contributed by atoms with Crippen molar-refractivity contribution in [3.8, 4) is 5.75 Å². The van der Waals surface area contributed by atoms with E-state index in [0.29, 0.717) is 42.6 Å². The number of nitrogens with zero attached hydrogens (tertiary/aromatic N) is 1. The smallest absolute Gasteiger partial charge is 0.246 e. The summed E-state index contributed by atoms with van der Waals surface area (Å²) in [6.07, 6.45) is 3.59. The highest BCUT2D eigenvalue weighted by Crippen LogP contribution is 2.31. The maximum absolute atomic E-state index is 13.2. The molecule has 0 aromatic heterocycles. The van der Waals surface area contributed by atoms with Gasteiger partial charge in [-0.1, -0.05) is 30.2 Å². The van der Waals surface area contributed by atoms with Crippen molar-refractivity contribution >= 4 is 33.2 Å². The molecule has 0 bridgehead atoms. The molecule has 0 aliphatic carbocycles. The minimum absolute atomic E-state index is 0.0988. The van der Waals surface area contributed by atoms with Gasteiger partial charge in [0, 0.05) is 30.2 Å². The van der Waals surface area contributed by atoms with E-state index in [0.717, 1.165) is 24.8 Å². The summed E-state index contributed by atoms with van der Waals surface area (Å²) < 4.78 is 33.4. The zero-order valence-corrected chi connectivity index (χ0v) is 18.6. The molecular weight excluding hydrogens is 424 g/mol. The van der Waals surface area contributed by atoms with Crippen LogP contribution in [0.2, 0.25) is 5.02 Å². The SMILES string of the molecule is CCOc1ccc(NC(=O)CCc2ccc(Cl)cc2)cc1S(=O)(=O)N1CCCCC1. The first-order valence-corrected chi connectivity index (χ1v) is 12.0. The minimum atomic E-state index is -3.69. The number of nitrogens with one attached hydrogen (secondary N) is 1. The molecule has 6 nitrogen and oxygen atoms in total. The first kappa shape index (κ1) is 22.6. The molecule has 0 radical (unpaired) electrons. The van der Waals surface area contributed by atoms with Gasteiger partial charge in [0.25, 0.3) is 0 Å². The quantitative estimate of drug-likeness (QED) is 0.643. The summed E-state index contributed by atoms with van der Waals surface area (Å²) >= 11 is 5.88. The predicted molar refractivity (Wildman–Crippen MR) is 119 cm³/mol. The summed E-state index contributed by atoms with van der Waals surface area (Å²) in [6, 6.07) is 12.1. The van der Waals surface area contributed by atoms with Crippen LogP contribution in [0, 0.1) is 0 Å². The number of piperidine rings is 1. The van der Waals surface area contributed by atoms with Crippen LogP contribution in [0.3, 0.4) is 0 Å². The molecule has 1 fully saturated rings. The maximum Gasteiger partial charge on any atom is 0.246 e. The van der Waals surface area contributed by atoms with Crippen molar-refractivity contribution in [3.05, 3.63) is 53.1 Å². The van der Waals surface area contributed by atoms with Crippen molar-refractivity contribution < 1.29 is 17.9 Å². The Balaban J connectivity index is 1.74. The van der Waals surface area contributed by atoms with Gasteiger partial charge in [-0.25, -0.2) is 8.42 Å². The third kappa shape index (κ3) is 5.74. The monoisotopic (exact) mass is 450 g/mol. The normalized spacial score (nSPS) is 15.0. The first-order chi connectivity index (χ1) is 14.4. The van der Waals surface area contributed by atoms with Crippen LogP contribution in [0.25, 0.3) is 0 Å². The van der Waals surface area contributed by atoms with E-state index in [1.54, 1.807) is 24.3 Å². The van der Waals surface area contributed by atoms with Gasteiger partial charge in [0.15, 0.2) is 0 Å². The number of sulfonamides is 1. The molecule has 30 heavy (non-hydrogen) atoms. The molecule has 2 aromatic rings. The predicted octanol–water partition coefficient (Wildman–Crippen LogP) is 4.48. The van der Waals surface area contributed by atoms with Gasteiger partial charge in [0.05, 0.1) is 6.61 Å². The molecule has 0 saturated carbocycles. The fourth-order valence-corrected chi connectivity index (χ4v) is 5.24. The number of benzene rings is 2. The Kier molecular flexibility index (Phi) is 7.75. The van der Waals surface area contributed by atoms with Gasteiger partial charge in [-0.2, -0.15) is 4.31 Å². The van der Waals surface area contributed by atoms with E-state index >= 15 is 0 Å². The van der Waals surface area contributed by atoms with Gasteiger partial charge in [-0.3, -0.25) is 4.79 Å². The maximum atomic E-state index is 13.2. The van der Waals surface area contributed by atoms with Crippen molar-refractivity contribution in [3.63, 3.8) is 0 Å². The number of hydrogen-bond acceptors (Lipinski definition) is 4. The fraction of sp³-hybridized carbons (Fsp3) is 0.409. The zero-order valence-electron chi connectivity index (χ0n) is 17.1. The van der Waals surface area contributed by atoms with Gasteiger partial charge < -0.3 is 10.1 Å². The summed E-state index contributed by atoms with van der Waals surface area (Å²) in [5, 5.41) is 3.46. The fourth-order valence-electron chi connectivity index (χ4n) is 3.44. The molecule has 0 atom stereocenters. The number of rotatable bonds is 8. The summed E-state index contributed by atoms with van der Waals surface area (Å²) in [7, 11) is -3.69. The average Bonchev–Trinajstić information content (AvgIpc) is 2.75. The Morgan fingerprint density at radius 1 is 1.10 bits per heavy atom. The number of amides is 1. The Labute approximate surface area is 183 Å². The lowest BCUT2D eigenvalue weighted by Crippen LogP contribution is -2.35. The second-order valence-corrected chi connectivity index (χ2v) is 9.58. The molecule has 1 saturated heterocycles. The summed E-state index contributed by atoms with van der Waals surface area (Å²) in [4.78, 5) is 12.5. The lowest BCUT2D eigenvalue weighted by atomic mass is 10.1. The van der Waals surface area contributed by atoms with Crippen LogP contribution in [-0.2, 0) is 21.2 Å². The van der Waals surface area contributed by atoms with Crippen LogP contribution in [0.15, 0.2) is 47.4 Å². The van der Waals surface area contributed by atoms with Gasteiger partial charge in [0.2, 0.25) is 15.9 Å². The Morgan fingerprint density at radius 2 is 1.80 bits per heavy atom. The van der Waals surface area contributed by atoms with Crippen LogP contribution < -0.4 is 10.1 Å². The first-order valence-electron chi connectivity index (χ1n) is 10.2. The number of anilines is 1. The minimum Gasteiger partial charge on any atom is -0.492 e. The molecule has 1 heterocycles. The molecule has 1 aliphatic heterocycles. The van der Waals surface area contributed by atoms with E-state index in [1.807, 2.05) is 19.1 Å². The van der Waals surface area contributed by atoms with Crippen molar-refractivity contribution in [2.75, 3.05) is 25.0 Å². The number of aryl methyl sites for hydroxylation is 1.